The first-order valence-electron chi connectivity index (χ1n) is 11.2. The Labute approximate surface area is 215 Å². The Morgan fingerprint density at radius 1 is 1.05 bits per heavy atom. The van der Waals surface area contributed by atoms with Crippen molar-refractivity contribution in [2.24, 2.45) is 0 Å². The van der Waals surface area contributed by atoms with Crippen LogP contribution in [0.5, 0.6) is 5.75 Å². The number of carbonyl (C=O) groups is 1. The van der Waals surface area contributed by atoms with E-state index in [4.69, 9.17) is 0 Å². The second kappa shape index (κ2) is 9.63. The fourth-order valence-corrected chi connectivity index (χ4v) is 4.70. The molecule has 0 aliphatic carbocycles. The van der Waals surface area contributed by atoms with Gasteiger partial charge in [0.1, 0.15) is 11.3 Å². The van der Waals surface area contributed by atoms with Crippen molar-refractivity contribution >= 4 is 38.2 Å². The fourth-order valence-electron chi connectivity index (χ4n) is 3.81. The van der Waals surface area contributed by atoms with E-state index in [0.29, 0.717) is 20.3 Å². The molecule has 196 valence electrons. The molecule has 0 unspecified atom stereocenters. The summed E-state index contributed by atoms with van der Waals surface area (Å²) in [5.41, 5.74) is 0.335. The van der Waals surface area contributed by atoms with Crippen LogP contribution < -0.4 is 10.1 Å². The van der Waals surface area contributed by atoms with Gasteiger partial charge in [0.2, 0.25) is 0 Å². The lowest BCUT2D eigenvalue weighted by Crippen LogP contribution is -2.15. The van der Waals surface area contributed by atoms with E-state index in [0.717, 1.165) is 29.2 Å². The molecule has 3 heterocycles. The van der Waals surface area contributed by atoms with E-state index in [2.05, 4.69) is 25.1 Å². The predicted molar refractivity (Wildman–Crippen MR) is 132 cm³/mol. The zero-order chi connectivity index (χ0) is 27.2. The highest BCUT2D eigenvalue weighted by Gasteiger charge is 2.36. The third-order valence-corrected chi connectivity index (χ3v) is 6.62. The molecule has 0 atom stereocenters. The molecule has 0 spiro atoms. The van der Waals surface area contributed by atoms with Gasteiger partial charge in [-0.2, -0.15) is 27.1 Å². The lowest BCUT2D eigenvalue weighted by molar-refractivity contribution is -0.142. The molecule has 5 rings (SSSR count). The van der Waals surface area contributed by atoms with Gasteiger partial charge in [-0.25, -0.2) is 14.5 Å². The highest BCUT2D eigenvalue weighted by molar-refractivity contribution is 7.22. The molecule has 0 saturated heterocycles. The lowest BCUT2D eigenvalue weighted by atomic mass is 10.0. The van der Waals surface area contributed by atoms with Gasteiger partial charge >= 0.3 is 12.8 Å². The molecule has 0 saturated carbocycles. The van der Waals surface area contributed by atoms with Crippen LogP contribution >= 0.6 is 11.3 Å². The number of nitrogens with zero attached hydrogens (tertiary/aromatic N) is 4. The first kappa shape index (κ1) is 25.5. The average Bonchev–Trinajstić information content (AvgIpc) is 3.45. The third kappa shape index (κ3) is 5.01. The van der Waals surface area contributed by atoms with E-state index in [1.165, 1.54) is 18.2 Å². The maximum atomic E-state index is 13.9. The summed E-state index contributed by atoms with van der Waals surface area (Å²) in [4.78, 5) is 21.6. The maximum Gasteiger partial charge on any atom is 0.433 e. The minimum absolute atomic E-state index is 0.0289. The SMILES string of the molecule is CC(C)c1ccc(-c2cc(C(F)(F)F)n3ncc(C(=O)Nc4nc5ccc(OC(F)F)cc5s4)c3n2)cc1. The zero-order valence-corrected chi connectivity index (χ0v) is 20.6. The number of halogens is 5. The van der Waals surface area contributed by atoms with E-state index in [1.807, 2.05) is 26.0 Å². The Kier molecular flexibility index (Phi) is 6.47. The molecular formula is C25H18F5N5O2S. The van der Waals surface area contributed by atoms with Crippen molar-refractivity contribution in [3.05, 3.63) is 71.5 Å². The van der Waals surface area contributed by atoms with E-state index in [1.54, 1.807) is 12.1 Å². The molecule has 0 fully saturated rings. The summed E-state index contributed by atoms with van der Waals surface area (Å²) in [6.07, 6.45) is -3.76. The summed E-state index contributed by atoms with van der Waals surface area (Å²) < 4.78 is 72.1. The van der Waals surface area contributed by atoms with Crippen molar-refractivity contribution in [1.82, 2.24) is 19.6 Å². The first-order valence-corrected chi connectivity index (χ1v) is 12.0. The van der Waals surface area contributed by atoms with Crippen molar-refractivity contribution in [3.8, 4) is 17.0 Å². The highest BCUT2D eigenvalue weighted by atomic mass is 32.1. The molecule has 2 aromatic carbocycles. The van der Waals surface area contributed by atoms with Crippen LogP contribution in [-0.2, 0) is 6.18 Å². The van der Waals surface area contributed by atoms with E-state index < -0.39 is 24.4 Å². The summed E-state index contributed by atoms with van der Waals surface area (Å²) in [7, 11) is 0. The molecule has 0 aliphatic heterocycles. The molecule has 3 aromatic heterocycles. The van der Waals surface area contributed by atoms with Crippen molar-refractivity contribution in [2.45, 2.75) is 32.6 Å². The van der Waals surface area contributed by atoms with Gasteiger partial charge in [0.25, 0.3) is 5.91 Å². The summed E-state index contributed by atoms with van der Waals surface area (Å²) in [6.45, 7) is 1.00. The Morgan fingerprint density at radius 2 is 1.79 bits per heavy atom. The van der Waals surface area contributed by atoms with E-state index in [9.17, 15) is 26.7 Å². The maximum absolute atomic E-state index is 13.9. The van der Waals surface area contributed by atoms with Crippen LogP contribution in [-0.4, -0.2) is 32.1 Å². The number of fused-ring (bicyclic) bond motifs is 2. The predicted octanol–water partition coefficient (Wildman–Crippen LogP) is 7.00. The summed E-state index contributed by atoms with van der Waals surface area (Å²) in [5.74, 6) is -0.619. The molecular weight excluding hydrogens is 529 g/mol. The number of rotatable bonds is 6. The van der Waals surface area contributed by atoms with Gasteiger partial charge in [-0.3, -0.25) is 10.1 Å². The van der Waals surface area contributed by atoms with Gasteiger partial charge in [-0.15, -0.1) is 0 Å². The number of thiazole rings is 1. The quantitative estimate of drug-likeness (QED) is 0.232. The largest absolute Gasteiger partial charge is 0.435 e. The van der Waals surface area contributed by atoms with Gasteiger partial charge in [0, 0.05) is 5.56 Å². The third-order valence-electron chi connectivity index (χ3n) is 5.69. The fraction of sp³-hybridized carbons (Fsp3) is 0.200. The van der Waals surface area contributed by atoms with Crippen LogP contribution in [0.25, 0.3) is 27.1 Å². The second-order valence-corrected chi connectivity index (χ2v) is 9.61. The number of alkyl halides is 5. The molecule has 1 amide bonds. The Hall–Kier alpha value is -4.13. The average molecular weight is 548 g/mol. The van der Waals surface area contributed by atoms with Crippen LogP contribution in [0.4, 0.5) is 27.1 Å². The normalized spacial score (nSPS) is 12.1. The molecule has 1 N–H and O–H groups in total. The number of aromatic nitrogens is 4. The molecule has 13 heteroatoms. The number of anilines is 1. The van der Waals surface area contributed by atoms with Crippen LogP contribution in [0, 0.1) is 0 Å². The number of amides is 1. The second-order valence-electron chi connectivity index (χ2n) is 8.58. The molecule has 7 nitrogen and oxygen atoms in total. The number of hydrogen-bond acceptors (Lipinski definition) is 6. The minimum Gasteiger partial charge on any atom is -0.435 e. The van der Waals surface area contributed by atoms with Crippen molar-refractivity contribution in [1.29, 1.82) is 0 Å². The van der Waals surface area contributed by atoms with Gasteiger partial charge in [-0.05, 0) is 35.7 Å². The number of hydrogen-bond donors (Lipinski definition) is 1. The van der Waals surface area contributed by atoms with Crippen LogP contribution in [0.15, 0.2) is 54.7 Å². The topological polar surface area (TPSA) is 81.4 Å². The van der Waals surface area contributed by atoms with Crippen LogP contribution in [0.3, 0.4) is 0 Å². The molecule has 0 bridgehead atoms. The first-order chi connectivity index (χ1) is 18.0. The zero-order valence-electron chi connectivity index (χ0n) is 19.8. The Bertz CT molecular complexity index is 1640. The number of nitrogens with one attached hydrogen (secondary N) is 1. The minimum atomic E-state index is -4.77. The van der Waals surface area contributed by atoms with Gasteiger partial charge in [0.05, 0.1) is 22.1 Å². The smallest absolute Gasteiger partial charge is 0.433 e. The summed E-state index contributed by atoms with van der Waals surface area (Å²) >= 11 is 0.985. The van der Waals surface area contributed by atoms with Crippen molar-refractivity contribution in [3.63, 3.8) is 0 Å². The van der Waals surface area contributed by atoms with Gasteiger partial charge in [0.15, 0.2) is 16.5 Å². The number of ether oxygens (including phenoxy) is 1. The van der Waals surface area contributed by atoms with Gasteiger partial charge < -0.3 is 4.74 Å². The Balaban J connectivity index is 1.52. The molecule has 0 aliphatic rings. The van der Waals surface area contributed by atoms with E-state index in [-0.39, 0.29) is 33.7 Å². The number of carbonyl (C=O) groups excluding carboxylic acids is 1. The summed E-state index contributed by atoms with van der Waals surface area (Å²) in [6, 6.07) is 12.0. The summed E-state index contributed by atoms with van der Waals surface area (Å²) in [5, 5.41) is 6.41. The number of benzene rings is 2. The van der Waals surface area contributed by atoms with Crippen molar-refractivity contribution in [2.75, 3.05) is 5.32 Å². The monoisotopic (exact) mass is 547 g/mol. The molecule has 38 heavy (non-hydrogen) atoms. The Morgan fingerprint density at radius 3 is 2.45 bits per heavy atom. The lowest BCUT2D eigenvalue weighted by Gasteiger charge is -2.12. The van der Waals surface area contributed by atoms with Crippen LogP contribution in [0.2, 0.25) is 0 Å². The standard InChI is InChI=1S/C25H18F5N5O2S/c1-12(2)13-3-5-14(6-4-13)18-10-20(25(28,29)30)35-21(32-18)16(11-31-35)22(36)34-24-33-17-8-7-15(37-23(26)27)9-19(17)38-24/h3-12,23H,1-2H3,(H,33,34,36). The van der Waals surface area contributed by atoms with Crippen LogP contribution in [0.1, 0.15) is 41.4 Å². The molecule has 0 radical (unpaired) electrons. The van der Waals surface area contributed by atoms with E-state index >= 15 is 0 Å². The van der Waals surface area contributed by atoms with Gasteiger partial charge in [-0.1, -0.05) is 49.4 Å². The molecule has 5 aromatic rings. The highest BCUT2D eigenvalue weighted by Crippen LogP contribution is 2.34. The van der Waals surface area contributed by atoms with Crippen molar-refractivity contribution < 1.29 is 31.5 Å².